The van der Waals surface area contributed by atoms with Gasteiger partial charge in [-0.1, -0.05) is 0 Å². The van der Waals surface area contributed by atoms with Crippen LogP contribution in [0.4, 0.5) is 19.0 Å². The number of ether oxygens (including phenoxy) is 1. The first kappa shape index (κ1) is 15.3. The molecule has 20 heavy (non-hydrogen) atoms. The number of alkyl halides is 3. The zero-order chi connectivity index (χ0) is 14.8. The molecular weight excluding hydrogens is 295 g/mol. The largest absolute Gasteiger partial charge is 0.433 e. The average Bonchev–Trinajstić information content (AvgIpc) is 2.38. The van der Waals surface area contributed by atoms with Gasteiger partial charge in [0.1, 0.15) is 5.82 Å². The Hall–Kier alpha value is -1.08. The number of rotatable bonds is 3. The highest BCUT2D eigenvalue weighted by atomic mass is 35.5. The summed E-state index contributed by atoms with van der Waals surface area (Å²) in [6.07, 6.45) is -2.64. The summed E-state index contributed by atoms with van der Waals surface area (Å²) in [5.74, 6) is 0.509. The van der Waals surface area contributed by atoms with Crippen molar-refractivity contribution in [3.05, 3.63) is 17.0 Å². The third kappa shape index (κ3) is 3.73. The number of halogens is 4. The lowest BCUT2D eigenvalue weighted by Gasteiger charge is -2.33. The van der Waals surface area contributed by atoms with Gasteiger partial charge in [0.15, 0.2) is 5.69 Å². The predicted molar refractivity (Wildman–Crippen MR) is 68.9 cm³/mol. The van der Waals surface area contributed by atoms with E-state index in [0.29, 0.717) is 19.7 Å². The minimum Gasteiger partial charge on any atom is -0.384 e. The number of hydrogen-bond donors (Lipinski definition) is 0. The second kappa shape index (κ2) is 6.13. The molecule has 1 unspecified atom stereocenters. The van der Waals surface area contributed by atoms with E-state index in [1.807, 2.05) is 0 Å². The Morgan fingerprint density at radius 1 is 1.45 bits per heavy atom. The summed E-state index contributed by atoms with van der Waals surface area (Å²) in [6.45, 7) is 1.85. The van der Waals surface area contributed by atoms with Gasteiger partial charge in [-0.05, 0) is 30.4 Å². The molecule has 1 aromatic heterocycles. The van der Waals surface area contributed by atoms with Gasteiger partial charge in [0.25, 0.3) is 0 Å². The first-order valence-corrected chi connectivity index (χ1v) is 6.63. The van der Waals surface area contributed by atoms with Crippen LogP contribution in [0.5, 0.6) is 0 Å². The molecule has 4 nitrogen and oxygen atoms in total. The molecule has 1 saturated heterocycles. The highest BCUT2D eigenvalue weighted by molar-refractivity contribution is 6.28. The van der Waals surface area contributed by atoms with Gasteiger partial charge in [-0.3, -0.25) is 0 Å². The van der Waals surface area contributed by atoms with Crippen molar-refractivity contribution in [2.45, 2.75) is 19.0 Å². The minimum atomic E-state index is -4.52. The van der Waals surface area contributed by atoms with Crippen molar-refractivity contribution < 1.29 is 17.9 Å². The zero-order valence-electron chi connectivity index (χ0n) is 11.0. The topological polar surface area (TPSA) is 38.2 Å². The van der Waals surface area contributed by atoms with Crippen LogP contribution in [0.1, 0.15) is 18.5 Å². The fourth-order valence-corrected chi connectivity index (χ4v) is 2.54. The molecule has 1 fully saturated rings. The van der Waals surface area contributed by atoms with Crippen LogP contribution in [-0.2, 0) is 10.9 Å². The van der Waals surface area contributed by atoms with Gasteiger partial charge in [-0.2, -0.15) is 13.2 Å². The molecule has 1 atom stereocenters. The van der Waals surface area contributed by atoms with Gasteiger partial charge in [-0.15, -0.1) is 0 Å². The lowest BCUT2D eigenvalue weighted by Crippen LogP contribution is -2.37. The third-order valence-corrected chi connectivity index (χ3v) is 3.39. The number of anilines is 1. The third-order valence-electron chi connectivity index (χ3n) is 3.22. The number of piperidine rings is 1. The zero-order valence-corrected chi connectivity index (χ0v) is 11.7. The maximum absolute atomic E-state index is 12.7. The summed E-state index contributed by atoms with van der Waals surface area (Å²) in [6, 6.07) is 0.945. The second-order valence-electron chi connectivity index (χ2n) is 4.79. The molecule has 0 saturated carbocycles. The normalized spacial score (nSPS) is 20.2. The van der Waals surface area contributed by atoms with Gasteiger partial charge in [0, 0.05) is 26.3 Å². The molecule has 0 aromatic carbocycles. The van der Waals surface area contributed by atoms with Crippen LogP contribution in [0.3, 0.4) is 0 Å². The van der Waals surface area contributed by atoms with E-state index in [1.165, 1.54) is 0 Å². The van der Waals surface area contributed by atoms with Crippen molar-refractivity contribution in [2.75, 3.05) is 31.7 Å². The first-order chi connectivity index (χ1) is 9.40. The molecule has 1 aliphatic rings. The van der Waals surface area contributed by atoms with Crippen molar-refractivity contribution in [1.29, 1.82) is 0 Å². The summed E-state index contributed by atoms with van der Waals surface area (Å²) >= 11 is 5.60. The van der Waals surface area contributed by atoms with Crippen LogP contribution in [0.25, 0.3) is 0 Å². The quantitative estimate of drug-likeness (QED) is 0.805. The lowest BCUT2D eigenvalue weighted by atomic mass is 9.99. The molecule has 0 bridgehead atoms. The molecule has 2 rings (SSSR count). The van der Waals surface area contributed by atoms with Crippen LogP contribution < -0.4 is 4.90 Å². The van der Waals surface area contributed by atoms with Crippen LogP contribution >= 0.6 is 11.6 Å². The van der Waals surface area contributed by atoms with E-state index in [1.54, 1.807) is 12.0 Å². The molecule has 1 aromatic rings. The predicted octanol–water partition coefficient (Wildman–Crippen LogP) is 3.01. The Kier molecular flexibility index (Phi) is 4.70. The van der Waals surface area contributed by atoms with E-state index < -0.39 is 11.9 Å². The summed E-state index contributed by atoms with van der Waals surface area (Å²) < 4.78 is 43.3. The Morgan fingerprint density at radius 3 is 2.85 bits per heavy atom. The number of aromatic nitrogens is 2. The Morgan fingerprint density at radius 2 is 2.20 bits per heavy atom. The summed E-state index contributed by atoms with van der Waals surface area (Å²) in [4.78, 5) is 8.94. The second-order valence-corrected chi connectivity index (χ2v) is 5.13. The molecule has 0 radical (unpaired) electrons. The van der Waals surface area contributed by atoms with E-state index in [0.717, 1.165) is 18.9 Å². The van der Waals surface area contributed by atoms with E-state index >= 15 is 0 Å². The van der Waals surface area contributed by atoms with Crippen molar-refractivity contribution in [3.8, 4) is 0 Å². The standard InChI is InChI=1S/C12H15ClF3N3O/c1-20-7-8-3-2-4-19(6-8)10-5-9(12(14,15)16)17-11(13)18-10/h5,8H,2-4,6-7H2,1H3. The van der Waals surface area contributed by atoms with Crippen LogP contribution in [-0.4, -0.2) is 36.8 Å². The fourth-order valence-electron chi connectivity index (χ4n) is 2.36. The van der Waals surface area contributed by atoms with Crippen molar-refractivity contribution in [1.82, 2.24) is 9.97 Å². The molecule has 0 spiro atoms. The van der Waals surface area contributed by atoms with E-state index in [4.69, 9.17) is 16.3 Å². The Balaban J connectivity index is 2.21. The molecule has 1 aliphatic heterocycles. The van der Waals surface area contributed by atoms with Gasteiger partial charge in [0.2, 0.25) is 5.28 Å². The van der Waals surface area contributed by atoms with E-state index in [9.17, 15) is 13.2 Å². The molecule has 0 aliphatic carbocycles. The van der Waals surface area contributed by atoms with Crippen LogP contribution in [0.2, 0.25) is 5.28 Å². The van der Waals surface area contributed by atoms with E-state index in [-0.39, 0.29) is 17.0 Å². The van der Waals surface area contributed by atoms with Crippen molar-refractivity contribution >= 4 is 17.4 Å². The van der Waals surface area contributed by atoms with Crippen molar-refractivity contribution in [2.24, 2.45) is 5.92 Å². The summed E-state index contributed by atoms with van der Waals surface area (Å²) in [7, 11) is 1.61. The fraction of sp³-hybridized carbons (Fsp3) is 0.667. The summed E-state index contributed by atoms with van der Waals surface area (Å²) in [5, 5.41) is -0.385. The van der Waals surface area contributed by atoms with Gasteiger partial charge in [-0.25, -0.2) is 9.97 Å². The SMILES string of the molecule is COCC1CCCN(c2cc(C(F)(F)F)nc(Cl)n2)C1. The van der Waals surface area contributed by atoms with Crippen LogP contribution in [0.15, 0.2) is 6.07 Å². The Labute approximate surface area is 119 Å². The number of hydrogen-bond acceptors (Lipinski definition) is 4. The highest BCUT2D eigenvalue weighted by Crippen LogP contribution is 2.31. The van der Waals surface area contributed by atoms with Gasteiger partial charge < -0.3 is 9.64 Å². The molecule has 8 heteroatoms. The summed E-state index contributed by atoms with van der Waals surface area (Å²) in [5.41, 5.74) is -1.01. The molecule has 112 valence electrons. The lowest BCUT2D eigenvalue weighted by molar-refractivity contribution is -0.141. The highest BCUT2D eigenvalue weighted by Gasteiger charge is 2.34. The molecule has 0 amide bonds. The first-order valence-electron chi connectivity index (χ1n) is 6.26. The van der Waals surface area contributed by atoms with Gasteiger partial charge >= 0.3 is 6.18 Å². The average molecular weight is 310 g/mol. The maximum Gasteiger partial charge on any atom is 0.433 e. The molecule has 0 N–H and O–H groups in total. The smallest absolute Gasteiger partial charge is 0.384 e. The molecular formula is C12H15ClF3N3O. The minimum absolute atomic E-state index is 0.220. The monoisotopic (exact) mass is 309 g/mol. The van der Waals surface area contributed by atoms with E-state index in [2.05, 4.69) is 9.97 Å². The maximum atomic E-state index is 12.7. The molecule has 2 heterocycles. The van der Waals surface area contributed by atoms with Gasteiger partial charge in [0.05, 0.1) is 6.61 Å². The Bertz CT molecular complexity index is 468. The van der Waals surface area contributed by atoms with Crippen molar-refractivity contribution in [3.63, 3.8) is 0 Å². The number of methoxy groups -OCH3 is 1. The van der Waals surface area contributed by atoms with Crippen LogP contribution in [0, 0.1) is 5.92 Å². The number of nitrogens with zero attached hydrogens (tertiary/aromatic N) is 3.